The number of ether oxygens (including phenoxy) is 1. The van der Waals surface area contributed by atoms with Crippen molar-refractivity contribution >= 4 is 17.6 Å². The molecule has 0 aliphatic heterocycles. The predicted octanol–water partition coefficient (Wildman–Crippen LogP) is 4.31. The molecule has 0 amide bonds. The molecular weight excluding hydrogens is 316 g/mol. The molecule has 0 aliphatic carbocycles. The van der Waals surface area contributed by atoms with Crippen LogP contribution in [0.2, 0.25) is 5.02 Å². The highest BCUT2D eigenvalue weighted by atomic mass is 35.5. The maximum Gasteiger partial charge on any atom is 0.338 e. The number of aromatic nitrogens is 2. The van der Waals surface area contributed by atoms with Crippen LogP contribution in [0.1, 0.15) is 29.3 Å². The van der Waals surface area contributed by atoms with Gasteiger partial charge in [0.15, 0.2) is 6.10 Å². The van der Waals surface area contributed by atoms with Crippen molar-refractivity contribution in [1.29, 1.82) is 0 Å². The SMILES string of the molecule is C[C@H](OC(=O)c1cccc(Cl)c1)c1nnc(-c2ccccc2)o1. The monoisotopic (exact) mass is 328 g/mol. The first-order valence-corrected chi connectivity index (χ1v) is 7.36. The van der Waals surface area contributed by atoms with Crippen LogP contribution in [0.3, 0.4) is 0 Å². The molecule has 0 spiro atoms. The molecule has 3 rings (SSSR count). The first kappa shape index (κ1) is 15.2. The average molecular weight is 329 g/mol. The van der Waals surface area contributed by atoms with Gasteiger partial charge in [-0.05, 0) is 37.3 Å². The van der Waals surface area contributed by atoms with E-state index in [1.807, 2.05) is 30.3 Å². The average Bonchev–Trinajstić information content (AvgIpc) is 3.06. The van der Waals surface area contributed by atoms with Crippen LogP contribution in [0.5, 0.6) is 0 Å². The zero-order chi connectivity index (χ0) is 16.2. The van der Waals surface area contributed by atoms with Crippen molar-refractivity contribution < 1.29 is 13.9 Å². The van der Waals surface area contributed by atoms with Crippen LogP contribution in [-0.4, -0.2) is 16.2 Å². The Morgan fingerprint density at radius 3 is 2.65 bits per heavy atom. The molecule has 6 heteroatoms. The van der Waals surface area contributed by atoms with Gasteiger partial charge in [-0.3, -0.25) is 0 Å². The predicted molar refractivity (Wildman–Crippen MR) is 85.0 cm³/mol. The van der Waals surface area contributed by atoms with Gasteiger partial charge in [-0.25, -0.2) is 4.79 Å². The third-order valence-corrected chi connectivity index (χ3v) is 3.39. The van der Waals surface area contributed by atoms with E-state index in [0.717, 1.165) is 5.56 Å². The lowest BCUT2D eigenvalue weighted by Crippen LogP contribution is -2.09. The Morgan fingerprint density at radius 1 is 1.13 bits per heavy atom. The Bertz CT molecular complexity index is 817. The number of hydrogen-bond donors (Lipinski definition) is 0. The number of halogens is 1. The number of hydrogen-bond acceptors (Lipinski definition) is 5. The topological polar surface area (TPSA) is 65.2 Å². The highest BCUT2D eigenvalue weighted by Gasteiger charge is 2.20. The highest BCUT2D eigenvalue weighted by Crippen LogP contribution is 2.23. The molecule has 23 heavy (non-hydrogen) atoms. The Kier molecular flexibility index (Phi) is 4.39. The summed E-state index contributed by atoms with van der Waals surface area (Å²) in [5, 5.41) is 8.38. The van der Waals surface area contributed by atoms with Crippen LogP contribution in [0.15, 0.2) is 59.0 Å². The summed E-state index contributed by atoms with van der Waals surface area (Å²) in [7, 11) is 0. The van der Waals surface area contributed by atoms with Gasteiger partial charge in [-0.15, -0.1) is 10.2 Å². The smallest absolute Gasteiger partial charge is 0.338 e. The summed E-state index contributed by atoms with van der Waals surface area (Å²) in [5.41, 5.74) is 1.17. The van der Waals surface area contributed by atoms with E-state index in [2.05, 4.69) is 10.2 Å². The summed E-state index contributed by atoms with van der Waals surface area (Å²) in [6, 6.07) is 15.9. The first-order chi connectivity index (χ1) is 11.1. The normalized spacial score (nSPS) is 11.9. The molecular formula is C17H13ClN2O3. The van der Waals surface area contributed by atoms with Gasteiger partial charge in [0.1, 0.15) is 0 Å². The van der Waals surface area contributed by atoms with Gasteiger partial charge in [0.05, 0.1) is 5.56 Å². The first-order valence-electron chi connectivity index (χ1n) is 6.99. The van der Waals surface area contributed by atoms with Crippen LogP contribution >= 0.6 is 11.6 Å². The molecule has 0 unspecified atom stereocenters. The van der Waals surface area contributed by atoms with Gasteiger partial charge in [-0.2, -0.15) is 0 Å². The van der Waals surface area contributed by atoms with Crippen LogP contribution in [0, 0.1) is 0 Å². The van der Waals surface area contributed by atoms with E-state index in [4.69, 9.17) is 20.8 Å². The second kappa shape index (κ2) is 6.62. The summed E-state index contributed by atoms with van der Waals surface area (Å²) in [6.07, 6.45) is -0.661. The lowest BCUT2D eigenvalue weighted by molar-refractivity contribution is 0.0280. The molecule has 0 N–H and O–H groups in total. The Hall–Kier alpha value is -2.66. The Morgan fingerprint density at radius 2 is 1.91 bits per heavy atom. The third kappa shape index (κ3) is 3.57. The van der Waals surface area contributed by atoms with E-state index in [1.165, 1.54) is 0 Å². The molecule has 1 heterocycles. The van der Waals surface area contributed by atoms with Gasteiger partial charge in [0, 0.05) is 10.6 Å². The fraction of sp³-hybridized carbons (Fsp3) is 0.118. The van der Waals surface area contributed by atoms with E-state index in [0.29, 0.717) is 16.5 Å². The molecule has 0 saturated carbocycles. The van der Waals surface area contributed by atoms with Crippen molar-refractivity contribution in [2.45, 2.75) is 13.0 Å². The Balaban J connectivity index is 1.73. The van der Waals surface area contributed by atoms with E-state index < -0.39 is 12.1 Å². The summed E-state index contributed by atoms with van der Waals surface area (Å²) < 4.78 is 10.9. The van der Waals surface area contributed by atoms with E-state index in [-0.39, 0.29) is 5.89 Å². The zero-order valence-electron chi connectivity index (χ0n) is 12.3. The molecule has 5 nitrogen and oxygen atoms in total. The molecule has 0 aliphatic rings. The van der Waals surface area contributed by atoms with Gasteiger partial charge < -0.3 is 9.15 Å². The number of rotatable bonds is 4. The van der Waals surface area contributed by atoms with Crippen molar-refractivity contribution in [3.63, 3.8) is 0 Å². The minimum Gasteiger partial charge on any atom is -0.449 e. The zero-order valence-corrected chi connectivity index (χ0v) is 13.0. The molecule has 1 aromatic heterocycles. The maximum absolute atomic E-state index is 12.1. The van der Waals surface area contributed by atoms with Crippen LogP contribution in [0.25, 0.3) is 11.5 Å². The van der Waals surface area contributed by atoms with E-state index in [1.54, 1.807) is 31.2 Å². The molecule has 0 fully saturated rings. The Labute approximate surface area is 137 Å². The van der Waals surface area contributed by atoms with Crippen LogP contribution in [0.4, 0.5) is 0 Å². The largest absolute Gasteiger partial charge is 0.449 e. The summed E-state index contributed by atoms with van der Waals surface area (Å²) in [6.45, 7) is 1.67. The van der Waals surface area contributed by atoms with E-state index >= 15 is 0 Å². The lowest BCUT2D eigenvalue weighted by Gasteiger charge is -2.09. The summed E-state index contributed by atoms with van der Waals surface area (Å²) >= 11 is 5.86. The number of nitrogens with zero attached hydrogens (tertiary/aromatic N) is 2. The van der Waals surface area contributed by atoms with Crippen molar-refractivity contribution in [1.82, 2.24) is 10.2 Å². The third-order valence-electron chi connectivity index (χ3n) is 3.15. The summed E-state index contributed by atoms with van der Waals surface area (Å²) in [5.74, 6) is 0.116. The van der Waals surface area contributed by atoms with Crippen molar-refractivity contribution in [2.75, 3.05) is 0 Å². The quantitative estimate of drug-likeness (QED) is 0.668. The number of carbonyl (C=O) groups is 1. The molecule has 2 aromatic carbocycles. The van der Waals surface area contributed by atoms with Gasteiger partial charge >= 0.3 is 5.97 Å². The minimum atomic E-state index is -0.661. The maximum atomic E-state index is 12.1. The number of benzene rings is 2. The van der Waals surface area contributed by atoms with E-state index in [9.17, 15) is 4.79 Å². The summed E-state index contributed by atoms with van der Waals surface area (Å²) in [4.78, 5) is 12.1. The molecule has 0 radical (unpaired) electrons. The fourth-order valence-corrected chi connectivity index (χ4v) is 2.18. The molecule has 116 valence electrons. The van der Waals surface area contributed by atoms with Crippen molar-refractivity contribution in [3.8, 4) is 11.5 Å². The molecule has 0 saturated heterocycles. The fourth-order valence-electron chi connectivity index (χ4n) is 1.99. The van der Waals surface area contributed by atoms with Crippen LogP contribution in [-0.2, 0) is 4.74 Å². The van der Waals surface area contributed by atoms with Crippen molar-refractivity contribution in [2.24, 2.45) is 0 Å². The molecule has 0 bridgehead atoms. The minimum absolute atomic E-state index is 0.235. The van der Waals surface area contributed by atoms with Gasteiger partial charge in [0.25, 0.3) is 5.89 Å². The van der Waals surface area contributed by atoms with Crippen molar-refractivity contribution in [3.05, 3.63) is 71.1 Å². The molecule has 1 atom stereocenters. The number of esters is 1. The van der Waals surface area contributed by atoms with Crippen LogP contribution < -0.4 is 0 Å². The molecule has 3 aromatic rings. The second-order valence-electron chi connectivity index (χ2n) is 4.87. The van der Waals surface area contributed by atoms with Gasteiger partial charge in [0.2, 0.25) is 5.89 Å². The highest BCUT2D eigenvalue weighted by molar-refractivity contribution is 6.30. The lowest BCUT2D eigenvalue weighted by atomic mass is 10.2. The second-order valence-corrected chi connectivity index (χ2v) is 5.31. The van der Waals surface area contributed by atoms with Gasteiger partial charge in [-0.1, -0.05) is 35.9 Å². The number of carbonyl (C=O) groups excluding carboxylic acids is 1. The standard InChI is InChI=1S/C17H13ClN2O3/c1-11(22-17(21)13-8-5-9-14(18)10-13)15-19-20-16(23-15)12-6-3-2-4-7-12/h2-11H,1H3/t11-/m0/s1.